The van der Waals surface area contributed by atoms with E-state index in [0.717, 1.165) is 0 Å². The van der Waals surface area contributed by atoms with Gasteiger partial charge in [0.15, 0.2) is 0 Å². The second-order valence-corrected chi connectivity index (χ2v) is 4.24. The number of nitrogens with zero attached hydrogens (tertiary/aromatic N) is 1. The van der Waals surface area contributed by atoms with Crippen molar-refractivity contribution in [3.63, 3.8) is 0 Å². The SMILES string of the molecule is CC(Br)C(=O)Nc1ccc(Cl)nc1. The number of anilines is 1. The van der Waals surface area contributed by atoms with Crippen LogP contribution in [0.25, 0.3) is 0 Å². The second-order valence-electron chi connectivity index (χ2n) is 2.47. The quantitative estimate of drug-likeness (QED) is 0.658. The fraction of sp³-hybridized carbons (Fsp3) is 0.250. The van der Waals surface area contributed by atoms with E-state index in [9.17, 15) is 4.79 Å². The molecule has 0 saturated carbocycles. The van der Waals surface area contributed by atoms with E-state index >= 15 is 0 Å². The van der Waals surface area contributed by atoms with Crippen molar-refractivity contribution in [1.82, 2.24) is 4.98 Å². The topological polar surface area (TPSA) is 42.0 Å². The highest BCUT2D eigenvalue weighted by atomic mass is 79.9. The Labute approximate surface area is 89.6 Å². The number of amides is 1. The first-order chi connectivity index (χ1) is 6.09. The number of nitrogens with one attached hydrogen (secondary N) is 1. The first kappa shape index (κ1) is 10.5. The molecule has 70 valence electrons. The number of hydrogen-bond acceptors (Lipinski definition) is 2. The van der Waals surface area contributed by atoms with E-state index in [1.807, 2.05) is 0 Å². The summed E-state index contributed by atoms with van der Waals surface area (Å²) in [6.45, 7) is 1.75. The van der Waals surface area contributed by atoms with Crippen molar-refractivity contribution in [3.05, 3.63) is 23.5 Å². The summed E-state index contributed by atoms with van der Waals surface area (Å²) in [4.78, 5) is 14.8. The molecular weight excluding hydrogens is 255 g/mol. The Bertz CT molecular complexity index is 300. The van der Waals surface area contributed by atoms with Gasteiger partial charge in [-0.05, 0) is 19.1 Å². The molecule has 0 spiro atoms. The number of hydrogen-bond donors (Lipinski definition) is 1. The number of alkyl halides is 1. The largest absolute Gasteiger partial charge is 0.324 e. The molecule has 0 bridgehead atoms. The highest BCUT2D eigenvalue weighted by molar-refractivity contribution is 9.10. The minimum atomic E-state index is -0.219. The van der Waals surface area contributed by atoms with Gasteiger partial charge in [-0.3, -0.25) is 4.79 Å². The summed E-state index contributed by atoms with van der Waals surface area (Å²) >= 11 is 8.73. The van der Waals surface area contributed by atoms with Gasteiger partial charge < -0.3 is 5.32 Å². The van der Waals surface area contributed by atoms with Crippen molar-refractivity contribution >= 4 is 39.1 Å². The van der Waals surface area contributed by atoms with Gasteiger partial charge in [0.05, 0.1) is 16.7 Å². The summed E-state index contributed by atoms with van der Waals surface area (Å²) in [5.41, 5.74) is 0.640. The third-order valence-electron chi connectivity index (χ3n) is 1.36. The van der Waals surface area contributed by atoms with E-state index in [2.05, 4.69) is 26.2 Å². The second kappa shape index (κ2) is 4.58. The van der Waals surface area contributed by atoms with Crippen LogP contribution < -0.4 is 5.32 Å². The van der Waals surface area contributed by atoms with Gasteiger partial charge in [0.1, 0.15) is 5.15 Å². The molecule has 13 heavy (non-hydrogen) atoms. The maximum absolute atomic E-state index is 11.2. The fourth-order valence-corrected chi connectivity index (χ4v) is 0.918. The summed E-state index contributed by atoms with van der Waals surface area (Å²) in [5.74, 6) is -0.107. The van der Waals surface area contributed by atoms with Gasteiger partial charge in [0.2, 0.25) is 5.91 Å². The number of aromatic nitrogens is 1. The Kier molecular flexibility index (Phi) is 3.69. The summed E-state index contributed by atoms with van der Waals surface area (Å²) in [6.07, 6.45) is 1.51. The van der Waals surface area contributed by atoms with E-state index in [-0.39, 0.29) is 10.7 Å². The number of pyridine rings is 1. The smallest absolute Gasteiger partial charge is 0.237 e. The minimum absolute atomic E-state index is 0.107. The van der Waals surface area contributed by atoms with Crippen LogP contribution in [0.15, 0.2) is 18.3 Å². The molecule has 0 radical (unpaired) electrons. The van der Waals surface area contributed by atoms with Crippen molar-refractivity contribution < 1.29 is 4.79 Å². The molecule has 0 aliphatic rings. The van der Waals surface area contributed by atoms with Gasteiger partial charge in [-0.2, -0.15) is 0 Å². The van der Waals surface area contributed by atoms with Crippen molar-refractivity contribution in [2.24, 2.45) is 0 Å². The molecule has 1 N–H and O–H groups in total. The lowest BCUT2D eigenvalue weighted by molar-refractivity contribution is -0.115. The summed E-state index contributed by atoms with van der Waals surface area (Å²) < 4.78 is 0. The molecular formula is C8H8BrClN2O. The lowest BCUT2D eigenvalue weighted by atomic mass is 10.4. The number of carbonyl (C=O) groups is 1. The average Bonchev–Trinajstić information content (AvgIpc) is 2.08. The fourth-order valence-electron chi connectivity index (χ4n) is 0.691. The molecule has 0 aromatic carbocycles. The van der Waals surface area contributed by atoms with Crippen molar-refractivity contribution in [2.45, 2.75) is 11.8 Å². The zero-order chi connectivity index (χ0) is 9.84. The predicted octanol–water partition coefficient (Wildman–Crippen LogP) is 2.46. The Hall–Kier alpha value is -0.610. The Morgan fingerprint density at radius 2 is 2.38 bits per heavy atom. The van der Waals surface area contributed by atoms with Crippen LogP contribution in [-0.4, -0.2) is 15.7 Å². The summed E-state index contributed by atoms with van der Waals surface area (Å²) in [6, 6.07) is 3.32. The minimum Gasteiger partial charge on any atom is -0.324 e. The molecule has 0 aliphatic carbocycles. The monoisotopic (exact) mass is 262 g/mol. The third kappa shape index (κ3) is 3.32. The van der Waals surface area contributed by atoms with Gasteiger partial charge in [-0.25, -0.2) is 4.98 Å². The average molecular weight is 264 g/mol. The van der Waals surface area contributed by atoms with Crippen LogP contribution in [0, 0.1) is 0 Å². The maximum atomic E-state index is 11.2. The maximum Gasteiger partial charge on any atom is 0.237 e. The summed E-state index contributed by atoms with van der Waals surface area (Å²) in [5, 5.41) is 3.07. The van der Waals surface area contributed by atoms with Crippen LogP contribution >= 0.6 is 27.5 Å². The number of carbonyl (C=O) groups excluding carboxylic acids is 1. The van der Waals surface area contributed by atoms with Crippen molar-refractivity contribution in [3.8, 4) is 0 Å². The molecule has 1 aromatic rings. The number of rotatable bonds is 2. The number of halogens is 2. The van der Waals surface area contributed by atoms with Crippen LogP contribution in [0.2, 0.25) is 5.15 Å². The lowest BCUT2D eigenvalue weighted by Crippen LogP contribution is -2.19. The first-order valence-corrected chi connectivity index (χ1v) is 4.95. The molecule has 3 nitrogen and oxygen atoms in total. The van der Waals surface area contributed by atoms with Crippen molar-refractivity contribution in [1.29, 1.82) is 0 Å². The van der Waals surface area contributed by atoms with Crippen LogP contribution in [0.4, 0.5) is 5.69 Å². The molecule has 1 atom stereocenters. The van der Waals surface area contributed by atoms with Crippen LogP contribution in [0.1, 0.15) is 6.92 Å². The molecule has 1 amide bonds. The highest BCUT2D eigenvalue weighted by Crippen LogP contribution is 2.10. The summed E-state index contributed by atoms with van der Waals surface area (Å²) in [7, 11) is 0. The lowest BCUT2D eigenvalue weighted by Gasteiger charge is -2.05. The van der Waals surface area contributed by atoms with Crippen LogP contribution in [-0.2, 0) is 4.79 Å². The Morgan fingerprint density at radius 1 is 1.69 bits per heavy atom. The third-order valence-corrected chi connectivity index (χ3v) is 2.00. The molecule has 0 saturated heterocycles. The zero-order valence-corrected chi connectivity index (χ0v) is 9.26. The van der Waals surface area contributed by atoms with Crippen molar-refractivity contribution in [2.75, 3.05) is 5.32 Å². The van der Waals surface area contributed by atoms with Gasteiger partial charge in [-0.1, -0.05) is 27.5 Å². The Balaban J connectivity index is 2.65. The molecule has 1 rings (SSSR count). The van der Waals surface area contributed by atoms with E-state index in [1.165, 1.54) is 6.20 Å². The molecule has 1 unspecified atom stereocenters. The molecule has 0 fully saturated rings. The first-order valence-electron chi connectivity index (χ1n) is 3.66. The Morgan fingerprint density at radius 3 is 2.85 bits per heavy atom. The van der Waals surface area contributed by atoms with Gasteiger partial charge in [0, 0.05) is 0 Å². The predicted molar refractivity (Wildman–Crippen MR) is 56.3 cm³/mol. The van der Waals surface area contributed by atoms with E-state index in [4.69, 9.17) is 11.6 Å². The van der Waals surface area contributed by atoms with Gasteiger partial charge >= 0.3 is 0 Å². The molecule has 5 heteroatoms. The molecule has 1 aromatic heterocycles. The normalized spacial score (nSPS) is 12.2. The van der Waals surface area contributed by atoms with E-state index in [0.29, 0.717) is 10.8 Å². The van der Waals surface area contributed by atoms with Gasteiger partial charge in [-0.15, -0.1) is 0 Å². The van der Waals surface area contributed by atoms with E-state index < -0.39 is 0 Å². The zero-order valence-electron chi connectivity index (χ0n) is 6.92. The van der Waals surface area contributed by atoms with Crippen LogP contribution in [0.5, 0.6) is 0 Å². The molecule has 0 aliphatic heterocycles. The molecule has 1 heterocycles. The highest BCUT2D eigenvalue weighted by Gasteiger charge is 2.08. The van der Waals surface area contributed by atoms with Gasteiger partial charge in [0.25, 0.3) is 0 Å². The standard InChI is InChI=1S/C8H8BrClN2O/c1-5(9)8(13)12-6-2-3-7(10)11-4-6/h2-5H,1H3,(H,12,13). The van der Waals surface area contributed by atoms with E-state index in [1.54, 1.807) is 19.1 Å². The van der Waals surface area contributed by atoms with Crippen LogP contribution in [0.3, 0.4) is 0 Å².